The number of phenolic OH excluding ortho intramolecular Hbond substituents is 1. The average molecular weight is 294 g/mol. The molecule has 5 heteroatoms. The van der Waals surface area contributed by atoms with Gasteiger partial charge in [0.05, 0.1) is 5.56 Å². The summed E-state index contributed by atoms with van der Waals surface area (Å²) in [5.74, 6) is -1.21. The maximum absolute atomic E-state index is 13.4. The Labute approximate surface area is 119 Å². The molecule has 0 aliphatic carbocycles. The second-order valence-corrected chi connectivity index (χ2v) is 5.31. The van der Waals surface area contributed by atoms with Gasteiger partial charge in [0.1, 0.15) is 17.4 Å². The number of carbonyl (C=O) groups excluding carboxylic acids is 1. The smallest absolute Gasteiger partial charge is 0.163 e. The second kappa shape index (κ2) is 6.05. The van der Waals surface area contributed by atoms with Crippen molar-refractivity contribution in [2.24, 2.45) is 0 Å². The number of ketones is 1. The first kappa shape index (κ1) is 14.5. The maximum Gasteiger partial charge on any atom is 0.163 e. The van der Waals surface area contributed by atoms with Crippen LogP contribution in [-0.2, 0) is 5.75 Å². The average Bonchev–Trinajstić information content (AvgIpc) is 2.41. The van der Waals surface area contributed by atoms with Gasteiger partial charge in [0, 0.05) is 16.2 Å². The molecule has 2 aromatic carbocycles. The zero-order valence-electron chi connectivity index (χ0n) is 10.7. The molecule has 0 fully saturated rings. The van der Waals surface area contributed by atoms with Gasteiger partial charge in [-0.1, -0.05) is 0 Å². The van der Waals surface area contributed by atoms with Gasteiger partial charge in [0.15, 0.2) is 5.78 Å². The van der Waals surface area contributed by atoms with Crippen molar-refractivity contribution >= 4 is 17.5 Å². The van der Waals surface area contributed by atoms with E-state index in [0.717, 1.165) is 11.0 Å². The first-order valence-electron chi connectivity index (χ1n) is 5.88. The number of aromatic hydroxyl groups is 1. The molecule has 2 rings (SSSR count). The highest BCUT2D eigenvalue weighted by Gasteiger charge is 2.13. The maximum atomic E-state index is 13.4. The van der Waals surface area contributed by atoms with Crippen molar-refractivity contribution in [3.05, 3.63) is 59.2 Å². The summed E-state index contributed by atoms with van der Waals surface area (Å²) in [6.07, 6.45) is 0. The fraction of sp³-hybridized carbons (Fsp3) is 0.133. The van der Waals surface area contributed by atoms with Gasteiger partial charge in [0.25, 0.3) is 0 Å². The zero-order chi connectivity index (χ0) is 14.7. The number of carbonyl (C=O) groups is 1. The van der Waals surface area contributed by atoms with Crippen LogP contribution in [0.5, 0.6) is 5.75 Å². The van der Waals surface area contributed by atoms with Crippen molar-refractivity contribution in [2.75, 3.05) is 0 Å². The van der Waals surface area contributed by atoms with Crippen LogP contribution in [0.15, 0.2) is 41.3 Å². The van der Waals surface area contributed by atoms with E-state index in [1.807, 2.05) is 0 Å². The monoisotopic (exact) mass is 294 g/mol. The van der Waals surface area contributed by atoms with Crippen LogP contribution in [0.25, 0.3) is 0 Å². The Balaban J connectivity index is 2.21. The summed E-state index contributed by atoms with van der Waals surface area (Å²) in [6.45, 7) is 1.27. The molecule has 0 aliphatic rings. The molecule has 0 bridgehead atoms. The van der Waals surface area contributed by atoms with E-state index in [-0.39, 0.29) is 22.9 Å². The number of rotatable bonds is 4. The number of thioether (sulfide) groups is 1. The summed E-state index contributed by atoms with van der Waals surface area (Å²) in [4.78, 5) is 12.1. The Hall–Kier alpha value is -1.88. The Kier molecular flexibility index (Phi) is 4.39. The molecule has 0 atom stereocenters. The molecule has 2 nitrogen and oxygen atoms in total. The van der Waals surface area contributed by atoms with Gasteiger partial charge in [0.2, 0.25) is 0 Å². The van der Waals surface area contributed by atoms with E-state index in [2.05, 4.69) is 0 Å². The molecule has 2 aromatic rings. The van der Waals surface area contributed by atoms with Crippen molar-refractivity contribution < 1.29 is 18.7 Å². The minimum atomic E-state index is -0.567. The van der Waals surface area contributed by atoms with Crippen molar-refractivity contribution in [1.82, 2.24) is 0 Å². The molecular formula is C15H12F2O2S. The largest absolute Gasteiger partial charge is 0.507 e. The third-order valence-corrected chi connectivity index (χ3v) is 3.80. The lowest BCUT2D eigenvalue weighted by molar-refractivity contribution is 0.101. The molecule has 1 N–H and O–H groups in total. The molecule has 0 unspecified atom stereocenters. The standard InChI is InChI=1S/C15H12F2O2S/c1-9(18)14-7-12(17)6-10(15(14)19)8-20-13-4-2-11(16)3-5-13/h2-7,19H,8H2,1H3. The fourth-order valence-corrected chi connectivity index (χ4v) is 2.60. The Morgan fingerprint density at radius 2 is 1.80 bits per heavy atom. The summed E-state index contributed by atoms with van der Waals surface area (Å²) < 4.78 is 26.2. The Morgan fingerprint density at radius 3 is 2.40 bits per heavy atom. The molecule has 0 radical (unpaired) electrons. The van der Waals surface area contributed by atoms with Crippen LogP contribution in [0.3, 0.4) is 0 Å². The molecule has 0 spiro atoms. The van der Waals surface area contributed by atoms with E-state index in [1.54, 1.807) is 12.1 Å². The summed E-state index contributed by atoms with van der Waals surface area (Å²) in [5, 5.41) is 9.94. The molecule has 104 valence electrons. The van der Waals surface area contributed by atoms with Crippen molar-refractivity contribution in [1.29, 1.82) is 0 Å². The van der Waals surface area contributed by atoms with Gasteiger partial charge in [-0.05, 0) is 43.3 Å². The molecule has 0 saturated heterocycles. The minimum Gasteiger partial charge on any atom is -0.507 e. The van der Waals surface area contributed by atoms with E-state index in [4.69, 9.17) is 0 Å². The zero-order valence-corrected chi connectivity index (χ0v) is 11.5. The quantitative estimate of drug-likeness (QED) is 0.679. The number of phenols is 1. The normalized spacial score (nSPS) is 10.6. The van der Waals surface area contributed by atoms with Crippen LogP contribution in [0, 0.1) is 11.6 Å². The van der Waals surface area contributed by atoms with Crippen LogP contribution < -0.4 is 0 Å². The van der Waals surface area contributed by atoms with E-state index < -0.39 is 11.6 Å². The molecule has 0 saturated carbocycles. The van der Waals surface area contributed by atoms with Crippen molar-refractivity contribution in [2.45, 2.75) is 17.6 Å². The Bertz CT molecular complexity index is 639. The number of benzene rings is 2. The third kappa shape index (κ3) is 3.36. The van der Waals surface area contributed by atoms with Crippen LogP contribution in [0.2, 0.25) is 0 Å². The number of hydrogen-bond acceptors (Lipinski definition) is 3. The summed E-state index contributed by atoms with van der Waals surface area (Å²) in [5.41, 5.74) is 0.309. The minimum absolute atomic E-state index is 0.0280. The van der Waals surface area contributed by atoms with E-state index in [9.17, 15) is 18.7 Å². The van der Waals surface area contributed by atoms with Crippen LogP contribution in [0.1, 0.15) is 22.8 Å². The first-order valence-corrected chi connectivity index (χ1v) is 6.86. The van der Waals surface area contributed by atoms with Crippen LogP contribution in [0.4, 0.5) is 8.78 Å². The molecular weight excluding hydrogens is 282 g/mol. The number of hydrogen-bond donors (Lipinski definition) is 1. The molecule has 20 heavy (non-hydrogen) atoms. The lowest BCUT2D eigenvalue weighted by atomic mass is 10.1. The molecule has 0 aliphatic heterocycles. The molecule has 0 heterocycles. The lowest BCUT2D eigenvalue weighted by Crippen LogP contribution is -1.97. The third-order valence-electron chi connectivity index (χ3n) is 2.74. The topological polar surface area (TPSA) is 37.3 Å². The Morgan fingerprint density at radius 1 is 1.15 bits per heavy atom. The van der Waals surface area contributed by atoms with Crippen molar-refractivity contribution in [3.8, 4) is 5.75 Å². The van der Waals surface area contributed by atoms with Gasteiger partial charge in [-0.15, -0.1) is 11.8 Å². The van der Waals surface area contributed by atoms with Gasteiger partial charge in [-0.2, -0.15) is 0 Å². The highest BCUT2D eigenvalue weighted by Crippen LogP contribution is 2.31. The molecule has 0 aromatic heterocycles. The van der Waals surface area contributed by atoms with Crippen LogP contribution >= 0.6 is 11.8 Å². The first-order chi connectivity index (χ1) is 9.47. The van der Waals surface area contributed by atoms with Crippen molar-refractivity contribution in [3.63, 3.8) is 0 Å². The predicted molar refractivity (Wildman–Crippen MR) is 74.0 cm³/mol. The lowest BCUT2D eigenvalue weighted by Gasteiger charge is -2.08. The van der Waals surface area contributed by atoms with Gasteiger partial charge >= 0.3 is 0 Å². The van der Waals surface area contributed by atoms with E-state index >= 15 is 0 Å². The summed E-state index contributed by atoms with van der Waals surface area (Å²) in [6, 6.07) is 8.07. The summed E-state index contributed by atoms with van der Waals surface area (Å²) in [7, 11) is 0. The van der Waals surface area contributed by atoms with Gasteiger partial charge in [-0.3, -0.25) is 4.79 Å². The van der Waals surface area contributed by atoms with E-state index in [1.165, 1.54) is 36.9 Å². The van der Waals surface area contributed by atoms with E-state index in [0.29, 0.717) is 5.56 Å². The van der Waals surface area contributed by atoms with Crippen LogP contribution in [-0.4, -0.2) is 10.9 Å². The number of Topliss-reactive ketones (excluding diaryl/α,β-unsaturated/α-hetero) is 1. The SMILES string of the molecule is CC(=O)c1cc(F)cc(CSc2ccc(F)cc2)c1O. The van der Waals surface area contributed by atoms with Gasteiger partial charge < -0.3 is 5.11 Å². The highest BCUT2D eigenvalue weighted by molar-refractivity contribution is 7.98. The summed E-state index contributed by atoms with van der Waals surface area (Å²) >= 11 is 1.32. The predicted octanol–water partition coefficient (Wildman–Crippen LogP) is 4.17. The van der Waals surface area contributed by atoms with Gasteiger partial charge in [-0.25, -0.2) is 8.78 Å². The fourth-order valence-electron chi connectivity index (χ4n) is 1.73. The molecule has 0 amide bonds. The second-order valence-electron chi connectivity index (χ2n) is 4.26. The number of halogens is 2. The highest BCUT2D eigenvalue weighted by atomic mass is 32.2.